The van der Waals surface area contributed by atoms with Crippen LogP contribution in [0.25, 0.3) is 111 Å². The van der Waals surface area contributed by atoms with Crippen molar-refractivity contribution in [3.05, 3.63) is 225 Å². The van der Waals surface area contributed by atoms with E-state index in [1.54, 1.807) is 0 Å². The normalized spacial score (nSPS) is 11.5. The van der Waals surface area contributed by atoms with Crippen LogP contribution in [0.3, 0.4) is 0 Å². The van der Waals surface area contributed by atoms with Crippen molar-refractivity contribution in [2.45, 2.75) is 0 Å². The van der Waals surface area contributed by atoms with E-state index >= 15 is 0 Å². The van der Waals surface area contributed by atoms with Crippen LogP contribution in [0.2, 0.25) is 0 Å². The first kappa shape index (κ1) is 35.5. The highest BCUT2D eigenvalue weighted by Crippen LogP contribution is 2.39. The van der Waals surface area contributed by atoms with Gasteiger partial charge in [-0.05, 0) is 99.8 Å². The van der Waals surface area contributed by atoms with Crippen molar-refractivity contribution >= 4 is 43.5 Å². The second-order valence-corrected chi connectivity index (χ2v) is 15.7. The molecule has 0 aliphatic carbocycles. The fraction of sp³-hybridized carbons (Fsp3) is 0. The first-order valence-electron chi connectivity index (χ1n) is 20.9. The Bertz CT molecular complexity index is 3520. The lowest BCUT2D eigenvalue weighted by atomic mass is 10.0. The highest BCUT2D eigenvalue weighted by Gasteiger charge is 2.18. The van der Waals surface area contributed by atoms with Gasteiger partial charge in [0.05, 0.1) is 16.6 Å². The van der Waals surface area contributed by atoms with Crippen molar-refractivity contribution in [2.24, 2.45) is 0 Å². The van der Waals surface area contributed by atoms with E-state index in [4.69, 9.17) is 15.0 Å². The van der Waals surface area contributed by atoms with E-state index in [-0.39, 0.29) is 0 Å². The number of benzene rings is 9. The van der Waals surface area contributed by atoms with E-state index in [9.17, 15) is 0 Å². The van der Waals surface area contributed by atoms with Crippen molar-refractivity contribution < 1.29 is 0 Å². The van der Waals surface area contributed by atoms with Gasteiger partial charge in [0.2, 0.25) is 0 Å². The van der Waals surface area contributed by atoms with Gasteiger partial charge in [0, 0.05) is 50.4 Å². The van der Waals surface area contributed by atoms with Crippen molar-refractivity contribution in [3.8, 4) is 67.8 Å². The lowest BCUT2D eigenvalue weighted by molar-refractivity contribution is 1.07. The molecule has 3 aromatic heterocycles. The zero-order valence-corrected chi connectivity index (χ0v) is 33.6. The molecular weight excluding hydrogens is 755 g/mol. The first-order valence-corrected chi connectivity index (χ1v) is 20.9. The molecule has 5 nitrogen and oxygen atoms in total. The minimum Gasteiger partial charge on any atom is -0.317 e. The molecule has 12 aromatic rings. The summed E-state index contributed by atoms with van der Waals surface area (Å²) in [6, 6.07) is 77.1. The molecule has 62 heavy (non-hydrogen) atoms. The molecule has 0 saturated heterocycles. The van der Waals surface area contributed by atoms with Crippen LogP contribution in [0.5, 0.6) is 0 Å². The van der Waals surface area contributed by atoms with Gasteiger partial charge in [0.1, 0.15) is 0 Å². The molecule has 0 aliphatic rings. The van der Waals surface area contributed by atoms with E-state index in [0.29, 0.717) is 17.5 Å². The summed E-state index contributed by atoms with van der Waals surface area (Å²) in [5.74, 6) is 1.85. The van der Waals surface area contributed by atoms with Crippen LogP contribution in [0.1, 0.15) is 0 Å². The van der Waals surface area contributed by atoms with Gasteiger partial charge < -0.3 is 9.13 Å². The summed E-state index contributed by atoms with van der Waals surface area (Å²) in [4.78, 5) is 15.6. The predicted molar refractivity (Wildman–Crippen MR) is 256 cm³/mol. The minimum atomic E-state index is 0.610. The Morgan fingerprint density at radius 1 is 0.274 bits per heavy atom. The topological polar surface area (TPSA) is 48.5 Å². The molecule has 0 spiro atoms. The molecule has 0 amide bonds. The Morgan fingerprint density at radius 2 is 0.774 bits per heavy atom. The highest BCUT2D eigenvalue weighted by molar-refractivity contribution is 6.18. The van der Waals surface area contributed by atoms with Gasteiger partial charge in [0.15, 0.2) is 17.5 Å². The summed E-state index contributed by atoms with van der Waals surface area (Å²) >= 11 is 0. The standard InChI is InChI=1S/C57H37N5/c1-4-15-38(16-5-1)40-19-12-21-43(33-40)55-58-56(44-22-13-20-41(34-44)39-17-6-2-7-18-39)60-57(59-55)45-23-14-26-47(35-45)62-53-28-11-10-27-48(53)51-37-50-42(36-54(51)62)29-30-52-49(50)31-32-61(52)46-24-8-3-9-25-46/h1-37H. The van der Waals surface area contributed by atoms with Crippen LogP contribution >= 0.6 is 0 Å². The van der Waals surface area contributed by atoms with E-state index in [1.807, 2.05) is 12.1 Å². The summed E-state index contributed by atoms with van der Waals surface area (Å²) in [6.07, 6.45) is 2.18. The van der Waals surface area contributed by atoms with Gasteiger partial charge in [-0.25, -0.2) is 15.0 Å². The maximum atomic E-state index is 5.22. The van der Waals surface area contributed by atoms with Gasteiger partial charge in [-0.1, -0.05) is 152 Å². The first-order chi connectivity index (χ1) is 30.7. The third-order valence-corrected chi connectivity index (χ3v) is 12.0. The molecule has 0 N–H and O–H groups in total. The summed E-state index contributed by atoms with van der Waals surface area (Å²) in [5, 5.41) is 6.07. The number of nitrogens with zero attached hydrogens (tertiary/aromatic N) is 5. The molecule has 0 unspecified atom stereocenters. The van der Waals surface area contributed by atoms with Crippen molar-refractivity contribution in [1.82, 2.24) is 24.1 Å². The zero-order chi connectivity index (χ0) is 41.0. The average Bonchev–Trinajstić information content (AvgIpc) is 3.94. The fourth-order valence-corrected chi connectivity index (χ4v) is 8.99. The van der Waals surface area contributed by atoms with Crippen molar-refractivity contribution in [2.75, 3.05) is 0 Å². The zero-order valence-electron chi connectivity index (χ0n) is 33.6. The fourth-order valence-electron chi connectivity index (χ4n) is 8.99. The molecule has 12 rings (SSSR count). The number of fused-ring (bicyclic) bond motifs is 6. The second-order valence-electron chi connectivity index (χ2n) is 15.7. The number of hydrogen-bond donors (Lipinski definition) is 0. The minimum absolute atomic E-state index is 0.610. The SMILES string of the molecule is c1ccc(-c2cccc(-c3nc(-c4cccc(-c5ccccc5)c4)nc(-c4cccc(-n5c6ccccc6c6cc7c(ccc8c7ccn8-c7ccccc7)cc65)c4)n3)c2)cc1. The third-order valence-electron chi connectivity index (χ3n) is 12.0. The molecule has 0 saturated carbocycles. The van der Waals surface area contributed by atoms with E-state index in [2.05, 4.69) is 222 Å². The largest absolute Gasteiger partial charge is 0.317 e. The van der Waals surface area contributed by atoms with Gasteiger partial charge >= 0.3 is 0 Å². The van der Waals surface area contributed by atoms with E-state index in [1.165, 1.54) is 32.4 Å². The van der Waals surface area contributed by atoms with Crippen LogP contribution < -0.4 is 0 Å². The molecule has 0 atom stereocenters. The van der Waals surface area contributed by atoms with Gasteiger partial charge in [0.25, 0.3) is 0 Å². The van der Waals surface area contributed by atoms with Crippen LogP contribution in [0, 0.1) is 0 Å². The summed E-state index contributed by atoms with van der Waals surface area (Å²) < 4.78 is 4.65. The van der Waals surface area contributed by atoms with Gasteiger partial charge in [-0.2, -0.15) is 0 Å². The molecule has 9 aromatic carbocycles. The Kier molecular flexibility index (Phi) is 8.42. The lowest BCUT2D eigenvalue weighted by Gasteiger charge is -2.13. The van der Waals surface area contributed by atoms with Crippen LogP contribution in [0.4, 0.5) is 0 Å². The smallest absolute Gasteiger partial charge is 0.164 e. The Hall–Kier alpha value is -8.41. The summed E-state index contributed by atoms with van der Waals surface area (Å²) in [7, 11) is 0. The van der Waals surface area contributed by atoms with Crippen molar-refractivity contribution in [3.63, 3.8) is 0 Å². The molecule has 0 fully saturated rings. The monoisotopic (exact) mass is 791 g/mol. The molecule has 0 bridgehead atoms. The Balaban J connectivity index is 1.02. The van der Waals surface area contributed by atoms with Crippen LogP contribution in [-0.4, -0.2) is 24.1 Å². The Labute approximate surface area is 358 Å². The quantitative estimate of drug-likeness (QED) is 0.162. The summed E-state index contributed by atoms with van der Waals surface area (Å²) in [6.45, 7) is 0. The maximum absolute atomic E-state index is 5.22. The maximum Gasteiger partial charge on any atom is 0.164 e. The van der Waals surface area contributed by atoms with E-state index < -0.39 is 0 Å². The predicted octanol–water partition coefficient (Wildman–Crippen LogP) is 14.4. The van der Waals surface area contributed by atoms with Crippen LogP contribution in [-0.2, 0) is 0 Å². The number of para-hydroxylation sites is 2. The molecule has 0 radical (unpaired) electrons. The molecule has 290 valence electrons. The molecular formula is C57H37N5. The second kappa shape index (κ2) is 14.7. The lowest BCUT2D eigenvalue weighted by Crippen LogP contribution is -2.01. The van der Waals surface area contributed by atoms with Crippen molar-refractivity contribution in [1.29, 1.82) is 0 Å². The van der Waals surface area contributed by atoms with Gasteiger partial charge in [-0.3, -0.25) is 0 Å². The number of hydrogen-bond acceptors (Lipinski definition) is 3. The number of aromatic nitrogens is 5. The average molecular weight is 792 g/mol. The van der Waals surface area contributed by atoms with Gasteiger partial charge in [-0.15, -0.1) is 0 Å². The molecule has 5 heteroatoms. The van der Waals surface area contributed by atoms with Crippen LogP contribution in [0.15, 0.2) is 225 Å². The highest BCUT2D eigenvalue weighted by atomic mass is 15.0. The number of rotatable bonds is 7. The third kappa shape index (κ3) is 6.14. The molecule has 0 aliphatic heterocycles. The van der Waals surface area contributed by atoms with E-state index in [0.717, 1.165) is 61.4 Å². The molecule has 3 heterocycles. The summed E-state index contributed by atoms with van der Waals surface area (Å²) in [5.41, 5.74) is 12.9. The Morgan fingerprint density at radius 3 is 1.42 bits per heavy atom.